The van der Waals surface area contributed by atoms with Crippen molar-refractivity contribution >= 4 is 0 Å². The van der Waals surface area contributed by atoms with Crippen LogP contribution in [0.1, 0.15) is 45.3 Å². The number of rotatable bonds is 3. The number of ether oxygens (including phenoxy) is 1. The minimum absolute atomic E-state index is 0.332. The van der Waals surface area contributed by atoms with E-state index in [2.05, 4.69) is 10.1 Å². The van der Waals surface area contributed by atoms with Gasteiger partial charge in [-0.05, 0) is 33.6 Å². The van der Waals surface area contributed by atoms with E-state index in [0.717, 1.165) is 19.4 Å². The third kappa shape index (κ3) is 2.41. The van der Waals surface area contributed by atoms with Gasteiger partial charge in [0.15, 0.2) is 0 Å². The SMILES string of the molecule is CC(C)(N)Cc1nc(C2(C)CCCO2)no1. The normalized spacial score (nSPS) is 26.2. The fourth-order valence-corrected chi connectivity index (χ4v) is 1.89. The third-order valence-electron chi connectivity index (χ3n) is 2.77. The second-order valence-electron chi connectivity index (χ2n) is 5.36. The van der Waals surface area contributed by atoms with Crippen molar-refractivity contribution in [1.29, 1.82) is 0 Å². The molecule has 1 unspecified atom stereocenters. The molecule has 1 fully saturated rings. The van der Waals surface area contributed by atoms with Gasteiger partial charge in [0.1, 0.15) is 5.60 Å². The molecule has 2 N–H and O–H groups in total. The fraction of sp³-hybridized carbons (Fsp3) is 0.818. The van der Waals surface area contributed by atoms with Gasteiger partial charge in [0.05, 0.1) is 0 Å². The summed E-state index contributed by atoms with van der Waals surface area (Å²) in [5.74, 6) is 1.23. The average Bonchev–Trinajstić information content (AvgIpc) is 2.72. The molecular formula is C11H19N3O2. The van der Waals surface area contributed by atoms with Crippen LogP contribution in [0.4, 0.5) is 0 Å². The Hall–Kier alpha value is -0.940. The highest BCUT2D eigenvalue weighted by Gasteiger charge is 2.36. The quantitative estimate of drug-likeness (QED) is 0.841. The van der Waals surface area contributed by atoms with E-state index in [4.69, 9.17) is 15.0 Å². The molecule has 1 aromatic rings. The number of aromatic nitrogens is 2. The summed E-state index contributed by atoms with van der Waals surface area (Å²) >= 11 is 0. The zero-order chi connectivity index (χ0) is 11.8. The second kappa shape index (κ2) is 3.82. The summed E-state index contributed by atoms with van der Waals surface area (Å²) in [6.45, 7) is 6.64. The van der Waals surface area contributed by atoms with E-state index in [0.29, 0.717) is 18.1 Å². The van der Waals surface area contributed by atoms with Crippen molar-refractivity contribution in [2.75, 3.05) is 6.61 Å². The highest BCUT2D eigenvalue weighted by molar-refractivity contribution is 5.02. The molecule has 0 spiro atoms. The lowest BCUT2D eigenvalue weighted by molar-refractivity contribution is 0.00768. The smallest absolute Gasteiger partial charge is 0.228 e. The van der Waals surface area contributed by atoms with Crippen LogP contribution >= 0.6 is 0 Å². The topological polar surface area (TPSA) is 74.2 Å². The van der Waals surface area contributed by atoms with Gasteiger partial charge in [0.25, 0.3) is 0 Å². The van der Waals surface area contributed by atoms with Gasteiger partial charge in [-0.2, -0.15) is 4.98 Å². The molecule has 1 aliphatic rings. The number of nitrogens with zero attached hydrogens (tertiary/aromatic N) is 2. The third-order valence-corrected chi connectivity index (χ3v) is 2.77. The Labute approximate surface area is 95.3 Å². The van der Waals surface area contributed by atoms with Crippen LogP contribution in [-0.4, -0.2) is 22.3 Å². The first-order valence-electron chi connectivity index (χ1n) is 5.65. The summed E-state index contributed by atoms with van der Waals surface area (Å²) in [6, 6.07) is 0. The van der Waals surface area contributed by atoms with Crippen LogP contribution in [0.15, 0.2) is 4.52 Å². The highest BCUT2D eigenvalue weighted by Crippen LogP contribution is 2.33. The van der Waals surface area contributed by atoms with Gasteiger partial charge in [0, 0.05) is 18.6 Å². The standard InChI is InChI=1S/C11H19N3O2/c1-10(2,12)7-8-13-9(14-16-8)11(3)5-4-6-15-11/h4-7,12H2,1-3H3. The molecule has 16 heavy (non-hydrogen) atoms. The minimum atomic E-state index is -0.375. The molecule has 0 radical (unpaired) electrons. The molecule has 0 aliphatic carbocycles. The van der Waals surface area contributed by atoms with Crippen molar-refractivity contribution in [1.82, 2.24) is 10.1 Å². The van der Waals surface area contributed by atoms with Crippen LogP contribution in [0.25, 0.3) is 0 Å². The van der Waals surface area contributed by atoms with Gasteiger partial charge < -0.3 is 15.0 Å². The summed E-state index contributed by atoms with van der Waals surface area (Å²) in [5, 5.41) is 3.99. The van der Waals surface area contributed by atoms with Gasteiger partial charge in [-0.15, -0.1) is 0 Å². The summed E-state index contributed by atoms with van der Waals surface area (Å²) in [5.41, 5.74) is 5.20. The maximum absolute atomic E-state index is 5.90. The summed E-state index contributed by atoms with van der Waals surface area (Å²) in [7, 11) is 0. The zero-order valence-corrected chi connectivity index (χ0v) is 10.1. The largest absolute Gasteiger partial charge is 0.367 e. The van der Waals surface area contributed by atoms with Crippen LogP contribution in [0.2, 0.25) is 0 Å². The molecule has 1 aromatic heterocycles. The van der Waals surface area contributed by atoms with E-state index in [9.17, 15) is 0 Å². The maximum atomic E-state index is 5.90. The first kappa shape index (κ1) is 11.5. The monoisotopic (exact) mass is 225 g/mol. The van der Waals surface area contributed by atoms with Gasteiger partial charge in [-0.1, -0.05) is 5.16 Å². The van der Waals surface area contributed by atoms with Gasteiger partial charge in [-0.25, -0.2) is 0 Å². The summed E-state index contributed by atoms with van der Waals surface area (Å²) in [4.78, 5) is 4.37. The molecule has 0 bridgehead atoms. The highest BCUT2D eigenvalue weighted by atomic mass is 16.5. The molecule has 2 rings (SSSR count). The van der Waals surface area contributed by atoms with Crippen LogP contribution < -0.4 is 5.73 Å². The lowest BCUT2D eigenvalue weighted by atomic mass is 10.0. The Bertz CT molecular complexity index is 362. The predicted molar refractivity (Wildman–Crippen MR) is 58.8 cm³/mol. The Kier molecular flexibility index (Phi) is 2.75. The predicted octanol–water partition coefficient (Wildman–Crippen LogP) is 1.37. The lowest BCUT2D eigenvalue weighted by Crippen LogP contribution is -2.34. The molecular weight excluding hydrogens is 206 g/mol. The maximum Gasteiger partial charge on any atom is 0.228 e. The molecule has 0 aromatic carbocycles. The van der Waals surface area contributed by atoms with Crippen molar-refractivity contribution in [3.63, 3.8) is 0 Å². The number of hydrogen-bond acceptors (Lipinski definition) is 5. The van der Waals surface area contributed by atoms with E-state index < -0.39 is 0 Å². The zero-order valence-electron chi connectivity index (χ0n) is 10.1. The first-order chi connectivity index (χ1) is 7.39. The van der Waals surface area contributed by atoms with Gasteiger partial charge in [-0.3, -0.25) is 0 Å². The van der Waals surface area contributed by atoms with Crippen molar-refractivity contribution in [3.05, 3.63) is 11.7 Å². The molecule has 2 heterocycles. The molecule has 1 saturated heterocycles. The second-order valence-corrected chi connectivity index (χ2v) is 5.36. The van der Waals surface area contributed by atoms with E-state index in [1.165, 1.54) is 0 Å². The van der Waals surface area contributed by atoms with Gasteiger partial charge >= 0.3 is 0 Å². The van der Waals surface area contributed by atoms with E-state index in [1.807, 2.05) is 20.8 Å². The number of hydrogen-bond donors (Lipinski definition) is 1. The van der Waals surface area contributed by atoms with Crippen molar-refractivity contribution in [3.8, 4) is 0 Å². The van der Waals surface area contributed by atoms with Crippen molar-refractivity contribution < 1.29 is 9.26 Å². The average molecular weight is 225 g/mol. The van der Waals surface area contributed by atoms with Crippen LogP contribution in [0.5, 0.6) is 0 Å². The summed E-state index contributed by atoms with van der Waals surface area (Å²) < 4.78 is 10.9. The molecule has 1 atom stereocenters. The Morgan fingerprint density at radius 1 is 1.50 bits per heavy atom. The molecule has 1 aliphatic heterocycles. The van der Waals surface area contributed by atoms with E-state index in [1.54, 1.807) is 0 Å². The molecule has 0 amide bonds. The summed E-state index contributed by atoms with van der Waals surface area (Å²) in [6.07, 6.45) is 2.57. The first-order valence-corrected chi connectivity index (χ1v) is 5.65. The molecule has 90 valence electrons. The molecule has 0 saturated carbocycles. The van der Waals surface area contributed by atoms with Crippen LogP contribution in [0.3, 0.4) is 0 Å². The van der Waals surface area contributed by atoms with Crippen molar-refractivity contribution in [2.24, 2.45) is 5.73 Å². The van der Waals surface area contributed by atoms with Gasteiger partial charge in [0.2, 0.25) is 11.7 Å². The minimum Gasteiger partial charge on any atom is -0.367 e. The van der Waals surface area contributed by atoms with Crippen molar-refractivity contribution in [2.45, 2.75) is 51.2 Å². The molecule has 5 nitrogen and oxygen atoms in total. The fourth-order valence-electron chi connectivity index (χ4n) is 1.89. The van der Waals surface area contributed by atoms with Crippen LogP contribution in [-0.2, 0) is 16.8 Å². The van der Waals surface area contributed by atoms with E-state index in [-0.39, 0.29) is 11.1 Å². The Morgan fingerprint density at radius 3 is 2.81 bits per heavy atom. The number of nitrogens with two attached hydrogens (primary N) is 1. The molecule has 5 heteroatoms. The lowest BCUT2D eigenvalue weighted by Gasteiger charge is -2.18. The van der Waals surface area contributed by atoms with E-state index >= 15 is 0 Å². The van der Waals surface area contributed by atoms with Crippen LogP contribution in [0, 0.1) is 0 Å². The Balaban J connectivity index is 2.13. The Morgan fingerprint density at radius 2 is 2.25 bits per heavy atom.